The summed E-state index contributed by atoms with van der Waals surface area (Å²) in [6.45, 7) is 2.53. The molecule has 4 saturated carbocycles. The Morgan fingerprint density at radius 3 is 2.11 bits per heavy atom. The largest absolute Gasteiger partial charge is 0.350 e. The van der Waals surface area contributed by atoms with E-state index in [0.717, 1.165) is 24.2 Å². The first kappa shape index (κ1) is 12.5. The highest BCUT2D eigenvalue weighted by molar-refractivity contribution is 5.79. The molecule has 0 radical (unpaired) electrons. The van der Waals surface area contributed by atoms with Crippen molar-refractivity contribution in [3.05, 3.63) is 0 Å². The smallest absolute Gasteiger partial charge is 0.224 e. The Morgan fingerprint density at radius 2 is 1.72 bits per heavy atom. The molecule has 3 heteroatoms. The molecule has 0 aromatic heterocycles. The fraction of sp³-hybridized carbons (Fsp3) is 0.933. The molecule has 1 amide bonds. The number of amides is 1. The van der Waals surface area contributed by atoms with Crippen molar-refractivity contribution < 1.29 is 4.79 Å². The van der Waals surface area contributed by atoms with Gasteiger partial charge in [0, 0.05) is 18.0 Å². The van der Waals surface area contributed by atoms with Gasteiger partial charge in [-0.25, -0.2) is 0 Å². The first-order valence-corrected chi connectivity index (χ1v) is 7.66. The number of nitrogens with two attached hydrogens (primary N) is 1. The van der Waals surface area contributed by atoms with Crippen molar-refractivity contribution >= 4 is 5.91 Å². The molecule has 0 heterocycles. The van der Waals surface area contributed by atoms with Crippen LogP contribution >= 0.6 is 0 Å². The van der Waals surface area contributed by atoms with Gasteiger partial charge in [0.1, 0.15) is 0 Å². The van der Waals surface area contributed by atoms with Crippen LogP contribution in [0.2, 0.25) is 0 Å². The molecule has 0 aliphatic heterocycles. The molecule has 102 valence electrons. The molecule has 3 nitrogen and oxygen atoms in total. The second-order valence-corrected chi connectivity index (χ2v) is 7.03. The molecule has 1 unspecified atom stereocenters. The molecule has 0 aromatic rings. The van der Waals surface area contributed by atoms with Crippen LogP contribution in [0.3, 0.4) is 0 Å². The second-order valence-electron chi connectivity index (χ2n) is 7.03. The van der Waals surface area contributed by atoms with Crippen molar-refractivity contribution in [3.8, 4) is 0 Å². The van der Waals surface area contributed by atoms with Gasteiger partial charge in [-0.15, -0.1) is 0 Å². The molecule has 0 aromatic carbocycles. The van der Waals surface area contributed by atoms with E-state index in [2.05, 4.69) is 12.2 Å². The van der Waals surface area contributed by atoms with E-state index in [9.17, 15) is 4.79 Å². The van der Waals surface area contributed by atoms with Gasteiger partial charge < -0.3 is 11.1 Å². The zero-order valence-corrected chi connectivity index (χ0v) is 11.5. The standard InChI is InChI=1S/C15H26N2O/c1-2-13(9-16)14(18)17-15-6-10-3-11(7-15)5-12(4-10)8-15/h10-13H,2-9,16H2,1H3,(H,17,18). The number of hydrogen-bond acceptors (Lipinski definition) is 2. The van der Waals surface area contributed by atoms with Gasteiger partial charge in [0.25, 0.3) is 0 Å². The number of rotatable bonds is 4. The predicted octanol–water partition coefficient (Wildman–Crippen LogP) is 2.06. The van der Waals surface area contributed by atoms with Crippen LogP contribution in [0.1, 0.15) is 51.9 Å². The Balaban J connectivity index is 1.70. The van der Waals surface area contributed by atoms with E-state index in [1.54, 1.807) is 0 Å². The maximum Gasteiger partial charge on any atom is 0.224 e. The summed E-state index contributed by atoms with van der Waals surface area (Å²) in [4.78, 5) is 12.3. The predicted molar refractivity (Wildman–Crippen MR) is 71.9 cm³/mol. The first-order chi connectivity index (χ1) is 8.64. The van der Waals surface area contributed by atoms with Gasteiger partial charge in [-0.05, 0) is 62.7 Å². The Kier molecular flexibility index (Phi) is 3.13. The van der Waals surface area contributed by atoms with E-state index in [-0.39, 0.29) is 17.4 Å². The third kappa shape index (κ3) is 2.07. The molecule has 18 heavy (non-hydrogen) atoms. The molecule has 4 fully saturated rings. The Morgan fingerprint density at radius 1 is 1.22 bits per heavy atom. The van der Waals surface area contributed by atoms with E-state index in [1.165, 1.54) is 38.5 Å². The number of nitrogens with one attached hydrogen (secondary N) is 1. The van der Waals surface area contributed by atoms with Gasteiger partial charge in [-0.1, -0.05) is 6.92 Å². The van der Waals surface area contributed by atoms with Crippen LogP contribution in [0.5, 0.6) is 0 Å². The van der Waals surface area contributed by atoms with E-state index in [4.69, 9.17) is 5.73 Å². The maximum absolute atomic E-state index is 12.3. The third-order valence-electron chi connectivity index (χ3n) is 5.57. The van der Waals surface area contributed by atoms with E-state index in [1.807, 2.05) is 0 Å². The van der Waals surface area contributed by atoms with Crippen LogP contribution in [0.4, 0.5) is 0 Å². The van der Waals surface area contributed by atoms with E-state index < -0.39 is 0 Å². The quantitative estimate of drug-likeness (QED) is 0.802. The molecule has 4 aliphatic carbocycles. The summed E-state index contributed by atoms with van der Waals surface area (Å²) in [5.74, 6) is 2.87. The lowest BCUT2D eigenvalue weighted by molar-refractivity contribution is -0.130. The summed E-state index contributed by atoms with van der Waals surface area (Å²) >= 11 is 0. The van der Waals surface area contributed by atoms with Crippen LogP contribution in [0, 0.1) is 23.7 Å². The Bertz CT molecular complexity index is 300. The normalized spacial score (nSPS) is 42.9. The summed E-state index contributed by atoms with van der Waals surface area (Å²) in [6, 6.07) is 0. The van der Waals surface area contributed by atoms with Gasteiger partial charge in [-0.3, -0.25) is 4.79 Å². The minimum atomic E-state index is 0.0120. The highest BCUT2D eigenvalue weighted by Gasteiger charge is 2.51. The molecule has 1 atom stereocenters. The number of carbonyl (C=O) groups is 1. The van der Waals surface area contributed by atoms with Gasteiger partial charge in [0.15, 0.2) is 0 Å². The molecule has 0 saturated heterocycles. The molecular weight excluding hydrogens is 224 g/mol. The molecular formula is C15H26N2O. The van der Waals surface area contributed by atoms with Crippen LogP contribution in [-0.2, 0) is 4.79 Å². The minimum Gasteiger partial charge on any atom is -0.350 e. The Labute approximate surface area is 110 Å². The van der Waals surface area contributed by atoms with Crippen molar-refractivity contribution in [2.24, 2.45) is 29.4 Å². The lowest BCUT2D eigenvalue weighted by Gasteiger charge is -2.57. The van der Waals surface area contributed by atoms with Crippen LogP contribution in [-0.4, -0.2) is 18.0 Å². The van der Waals surface area contributed by atoms with Crippen LogP contribution in [0.25, 0.3) is 0 Å². The van der Waals surface area contributed by atoms with Crippen LogP contribution < -0.4 is 11.1 Å². The number of carbonyl (C=O) groups excluding carboxylic acids is 1. The topological polar surface area (TPSA) is 55.1 Å². The van der Waals surface area contributed by atoms with Gasteiger partial charge in [0.2, 0.25) is 5.91 Å². The summed E-state index contributed by atoms with van der Waals surface area (Å²) < 4.78 is 0. The van der Waals surface area contributed by atoms with Crippen molar-refractivity contribution in [1.82, 2.24) is 5.32 Å². The van der Waals surface area contributed by atoms with Gasteiger partial charge in [0.05, 0.1) is 0 Å². The molecule has 3 N–H and O–H groups in total. The minimum absolute atomic E-state index is 0.0120. The summed E-state index contributed by atoms with van der Waals surface area (Å²) in [5, 5.41) is 3.41. The zero-order chi connectivity index (χ0) is 12.8. The summed E-state index contributed by atoms with van der Waals surface area (Å²) in [6.07, 6.45) is 8.80. The summed E-state index contributed by atoms with van der Waals surface area (Å²) in [5.41, 5.74) is 5.84. The van der Waals surface area contributed by atoms with Crippen LogP contribution in [0.15, 0.2) is 0 Å². The van der Waals surface area contributed by atoms with Crippen molar-refractivity contribution in [2.75, 3.05) is 6.54 Å². The molecule has 4 rings (SSSR count). The average molecular weight is 250 g/mol. The molecule has 4 aliphatic rings. The lowest BCUT2D eigenvalue weighted by atomic mass is 9.53. The second kappa shape index (κ2) is 4.52. The first-order valence-electron chi connectivity index (χ1n) is 7.66. The maximum atomic E-state index is 12.3. The fourth-order valence-corrected chi connectivity index (χ4v) is 5.09. The summed E-state index contributed by atoms with van der Waals surface area (Å²) in [7, 11) is 0. The fourth-order valence-electron chi connectivity index (χ4n) is 5.09. The van der Waals surface area contributed by atoms with Crippen molar-refractivity contribution in [3.63, 3.8) is 0 Å². The van der Waals surface area contributed by atoms with E-state index in [0.29, 0.717) is 6.54 Å². The molecule has 4 bridgehead atoms. The van der Waals surface area contributed by atoms with E-state index >= 15 is 0 Å². The zero-order valence-electron chi connectivity index (χ0n) is 11.5. The van der Waals surface area contributed by atoms with Gasteiger partial charge in [-0.2, -0.15) is 0 Å². The highest BCUT2D eigenvalue weighted by atomic mass is 16.2. The molecule has 0 spiro atoms. The SMILES string of the molecule is CCC(CN)C(=O)NC12CC3CC(CC(C3)C1)C2. The van der Waals surface area contributed by atoms with Crippen molar-refractivity contribution in [2.45, 2.75) is 57.4 Å². The average Bonchev–Trinajstić information content (AvgIpc) is 2.27. The van der Waals surface area contributed by atoms with Crippen molar-refractivity contribution in [1.29, 1.82) is 0 Å². The Hall–Kier alpha value is -0.570. The highest BCUT2D eigenvalue weighted by Crippen LogP contribution is 2.55. The number of hydrogen-bond donors (Lipinski definition) is 2. The lowest BCUT2D eigenvalue weighted by Crippen LogP contribution is -2.61. The third-order valence-corrected chi connectivity index (χ3v) is 5.57. The monoisotopic (exact) mass is 250 g/mol. The van der Waals surface area contributed by atoms with Gasteiger partial charge >= 0.3 is 0 Å².